The maximum absolute atomic E-state index is 13.7. The van der Waals surface area contributed by atoms with Crippen molar-refractivity contribution in [2.75, 3.05) is 10.6 Å². The molecule has 0 aliphatic carbocycles. The van der Waals surface area contributed by atoms with Gasteiger partial charge in [0.2, 0.25) is 0 Å². The summed E-state index contributed by atoms with van der Waals surface area (Å²) in [4.78, 5) is 20.3. The third-order valence-corrected chi connectivity index (χ3v) is 3.95. The van der Waals surface area contributed by atoms with Crippen LogP contribution in [0.5, 0.6) is 0 Å². The molecule has 1 aromatic heterocycles. The minimum absolute atomic E-state index is 0.0165. The van der Waals surface area contributed by atoms with Crippen LogP contribution >= 0.6 is 0 Å². The molecule has 0 spiro atoms. The lowest BCUT2D eigenvalue weighted by Gasteiger charge is -2.14. The molecular weight excluding hydrogens is 350 g/mol. The molecular formula is C20H18F2N4O. The summed E-state index contributed by atoms with van der Waals surface area (Å²) in [5, 5.41) is 5.36. The molecule has 0 unspecified atom stereocenters. The highest BCUT2D eigenvalue weighted by atomic mass is 19.1. The standard InChI is InChI=1S/C20H18F2N4O/c1-12(2)13-6-3-4-9-16(13)25-18-10-17(23-11-24-18)20(27)26-19-14(21)7-5-8-15(19)22/h3-12H,1-2H3,(H,26,27)(H,23,24,25). The van der Waals surface area contributed by atoms with Gasteiger partial charge in [-0.05, 0) is 29.7 Å². The predicted molar refractivity (Wildman–Crippen MR) is 100 cm³/mol. The Morgan fingerprint density at radius 2 is 1.70 bits per heavy atom. The maximum atomic E-state index is 13.7. The van der Waals surface area contributed by atoms with E-state index < -0.39 is 23.2 Å². The Kier molecular flexibility index (Phi) is 5.40. The lowest BCUT2D eigenvalue weighted by molar-refractivity contribution is 0.102. The molecule has 3 aromatic rings. The molecule has 0 aliphatic rings. The number of carbonyl (C=O) groups excluding carboxylic acids is 1. The van der Waals surface area contributed by atoms with Gasteiger partial charge in [-0.3, -0.25) is 4.79 Å². The van der Waals surface area contributed by atoms with Crippen LogP contribution in [0.2, 0.25) is 0 Å². The van der Waals surface area contributed by atoms with Gasteiger partial charge in [0, 0.05) is 11.8 Å². The number of anilines is 3. The third-order valence-electron chi connectivity index (χ3n) is 3.95. The molecule has 0 fully saturated rings. The molecule has 3 rings (SSSR count). The SMILES string of the molecule is CC(C)c1ccccc1Nc1cc(C(=O)Nc2c(F)cccc2F)ncn1. The Labute approximate surface area is 155 Å². The van der Waals surface area contributed by atoms with Gasteiger partial charge in [0.1, 0.15) is 35.2 Å². The van der Waals surface area contributed by atoms with Crippen LogP contribution in [0.3, 0.4) is 0 Å². The van der Waals surface area contributed by atoms with Crippen molar-refractivity contribution in [1.29, 1.82) is 0 Å². The summed E-state index contributed by atoms with van der Waals surface area (Å²) < 4.78 is 27.4. The van der Waals surface area contributed by atoms with Gasteiger partial charge in [-0.1, -0.05) is 38.1 Å². The maximum Gasteiger partial charge on any atom is 0.274 e. The first-order chi connectivity index (χ1) is 13.0. The van der Waals surface area contributed by atoms with E-state index in [0.717, 1.165) is 23.4 Å². The molecule has 7 heteroatoms. The Hall–Kier alpha value is -3.35. The van der Waals surface area contributed by atoms with Crippen molar-refractivity contribution in [2.45, 2.75) is 19.8 Å². The van der Waals surface area contributed by atoms with E-state index in [9.17, 15) is 13.6 Å². The number of hydrogen-bond acceptors (Lipinski definition) is 4. The normalized spacial score (nSPS) is 10.7. The second-order valence-corrected chi connectivity index (χ2v) is 6.21. The van der Waals surface area contributed by atoms with Crippen LogP contribution in [-0.2, 0) is 0 Å². The second kappa shape index (κ2) is 7.90. The van der Waals surface area contributed by atoms with Crippen molar-refractivity contribution in [3.05, 3.63) is 77.8 Å². The highest BCUT2D eigenvalue weighted by molar-refractivity contribution is 6.03. The molecule has 27 heavy (non-hydrogen) atoms. The first kappa shape index (κ1) is 18.4. The van der Waals surface area contributed by atoms with Crippen LogP contribution in [0.1, 0.15) is 35.8 Å². The van der Waals surface area contributed by atoms with Crippen molar-refractivity contribution in [3.8, 4) is 0 Å². The summed E-state index contributed by atoms with van der Waals surface area (Å²) in [6.45, 7) is 4.14. The van der Waals surface area contributed by atoms with Crippen molar-refractivity contribution in [1.82, 2.24) is 9.97 Å². The van der Waals surface area contributed by atoms with E-state index in [1.54, 1.807) is 0 Å². The molecule has 0 aliphatic heterocycles. The van der Waals surface area contributed by atoms with Gasteiger partial charge >= 0.3 is 0 Å². The van der Waals surface area contributed by atoms with Crippen LogP contribution in [0.25, 0.3) is 0 Å². The quantitative estimate of drug-likeness (QED) is 0.674. The molecule has 0 radical (unpaired) electrons. The number of benzene rings is 2. The van der Waals surface area contributed by atoms with E-state index in [2.05, 4.69) is 34.4 Å². The topological polar surface area (TPSA) is 66.9 Å². The van der Waals surface area contributed by atoms with Crippen LogP contribution in [-0.4, -0.2) is 15.9 Å². The van der Waals surface area contributed by atoms with Crippen LogP contribution in [0.4, 0.5) is 26.0 Å². The number of halogens is 2. The van der Waals surface area contributed by atoms with E-state index >= 15 is 0 Å². The number of carbonyl (C=O) groups is 1. The molecule has 2 N–H and O–H groups in total. The Bertz CT molecular complexity index is 955. The Morgan fingerprint density at radius 1 is 1.00 bits per heavy atom. The van der Waals surface area contributed by atoms with Gasteiger partial charge < -0.3 is 10.6 Å². The average molecular weight is 368 g/mol. The lowest BCUT2D eigenvalue weighted by atomic mass is 10.0. The van der Waals surface area contributed by atoms with Crippen molar-refractivity contribution < 1.29 is 13.6 Å². The molecule has 0 atom stereocenters. The average Bonchev–Trinajstić information content (AvgIpc) is 2.65. The van der Waals surface area contributed by atoms with Crippen LogP contribution in [0, 0.1) is 11.6 Å². The summed E-state index contributed by atoms with van der Waals surface area (Å²) in [6.07, 6.45) is 1.22. The van der Waals surface area contributed by atoms with E-state index in [1.807, 2.05) is 24.3 Å². The van der Waals surface area contributed by atoms with E-state index in [-0.39, 0.29) is 5.69 Å². The van der Waals surface area contributed by atoms with Crippen molar-refractivity contribution in [3.63, 3.8) is 0 Å². The Balaban J connectivity index is 1.83. The fraction of sp³-hybridized carbons (Fsp3) is 0.150. The number of nitrogens with one attached hydrogen (secondary N) is 2. The number of aromatic nitrogens is 2. The van der Waals surface area contributed by atoms with E-state index in [0.29, 0.717) is 11.7 Å². The monoisotopic (exact) mass is 368 g/mol. The molecule has 138 valence electrons. The zero-order valence-electron chi connectivity index (χ0n) is 14.8. The first-order valence-electron chi connectivity index (χ1n) is 8.39. The van der Waals surface area contributed by atoms with Gasteiger partial charge in [-0.15, -0.1) is 0 Å². The summed E-state index contributed by atoms with van der Waals surface area (Å²) in [6, 6.07) is 12.5. The van der Waals surface area contributed by atoms with Crippen LogP contribution in [0.15, 0.2) is 54.9 Å². The summed E-state index contributed by atoms with van der Waals surface area (Å²) in [5.74, 6) is -1.76. The Morgan fingerprint density at radius 3 is 2.41 bits per heavy atom. The summed E-state index contributed by atoms with van der Waals surface area (Å²) in [5.41, 5.74) is 1.42. The fourth-order valence-corrected chi connectivity index (χ4v) is 2.60. The largest absolute Gasteiger partial charge is 0.340 e. The molecule has 0 saturated heterocycles. The van der Waals surface area contributed by atoms with Gasteiger partial charge in [-0.25, -0.2) is 18.7 Å². The summed E-state index contributed by atoms with van der Waals surface area (Å²) >= 11 is 0. The molecule has 0 saturated carbocycles. The second-order valence-electron chi connectivity index (χ2n) is 6.21. The third kappa shape index (κ3) is 4.25. The number of hydrogen-bond donors (Lipinski definition) is 2. The molecule has 0 bridgehead atoms. The van der Waals surface area contributed by atoms with Crippen molar-refractivity contribution in [2.24, 2.45) is 0 Å². The van der Waals surface area contributed by atoms with E-state index in [1.165, 1.54) is 18.5 Å². The van der Waals surface area contributed by atoms with E-state index in [4.69, 9.17) is 0 Å². The molecule has 2 aromatic carbocycles. The summed E-state index contributed by atoms with van der Waals surface area (Å²) in [7, 11) is 0. The zero-order chi connectivity index (χ0) is 19.4. The first-order valence-corrected chi connectivity index (χ1v) is 8.39. The smallest absolute Gasteiger partial charge is 0.274 e. The van der Waals surface area contributed by atoms with Crippen molar-refractivity contribution >= 4 is 23.1 Å². The zero-order valence-corrected chi connectivity index (χ0v) is 14.8. The number of nitrogens with zero attached hydrogens (tertiary/aromatic N) is 2. The molecule has 1 heterocycles. The highest BCUT2D eigenvalue weighted by Gasteiger charge is 2.15. The lowest BCUT2D eigenvalue weighted by Crippen LogP contribution is -2.16. The minimum Gasteiger partial charge on any atom is -0.340 e. The van der Waals surface area contributed by atoms with Gasteiger partial charge in [0.05, 0.1) is 0 Å². The highest BCUT2D eigenvalue weighted by Crippen LogP contribution is 2.26. The molecule has 1 amide bonds. The van der Waals surface area contributed by atoms with Gasteiger partial charge in [0.25, 0.3) is 5.91 Å². The van der Waals surface area contributed by atoms with Gasteiger partial charge in [-0.2, -0.15) is 0 Å². The molecule has 5 nitrogen and oxygen atoms in total. The predicted octanol–water partition coefficient (Wildman–Crippen LogP) is 4.87. The minimum atomic E-state index is -0.860. The number of para-hydroxylation sites is 2. The number of amides is 1. The fourth-order valence-electron chi connectivity index (χ4n) is 2.60. The van der Waals surface area contributed by atoms with Gasteiger partial charge in [0.15, 0.2) is 0 Å². The van der Waals surface area contributed by atoms with Crippen LogP contribution < -0.4 is 10.6 Å². The number of rotatable bonds is 5.